The number of esters is 1. The highest BCUT2D eigenvalue weighted by Gasteiger charge is 2.49. The van der Waals surface area contributed by atoms with Crippen LogP contribution in [-0.2, 0) is 18.8 Å². The van der Waals surface area contributed by atoms with Gasteiger partial charge >= 0.3 is 5.97 Å². The van der Waals surface area contributed by atoms with Crippen molar-refractivity contribution in [3.63, 3.8) is 0 Å². The van der Waals surface area contributed by atoms with Crippen LogP contribution in [0.15, 0.2) is 36.4 Å². The van der Waals surface area contributed by atoms with Crippen molar-refractivity contribution in [1.29, 1.82) is 0 Å². The topological polar surface area (TPSA) is 61.8 Å². The van der Waals surface area contributed by atoms with Gasteiger partial charge in [-0.05, 0) is 38.4 Å². The molecular formula is C18H21BO5P2. The van der Waals surface area contributed by atoms with Gasteiger partial charge in [0.1, 0.15) is 11.9 Å². The summed E-state index contributed by atoms with van der Waals surface area (Å²) in [6.07, 6.45) is 4.01. The minimum absolute atomic E-state index is 0.0328. The van der Waals surface area contributed by atoms with Gasteiger partial charge in [0.15, 0.2) is 20.0 Å². The van der Waals surface area contributed by atoms with E-state index in [4.69, 9.17) is 21.6 Å². The normalized spacial score (nSPS) is 28.8. The Hall–Kier alpha value is -1.22. The number of aryl methyl sites for hydroxylation is 1. The zero-order valence-corrected chi connectivity index (χ0v) is 16.6. The predicted molar refractivity (Wildman–Crippen MR) is 104 cm³/mol. The lowest BCUT2D eigenvalue weighted by Gasteiger charge is -2.22. The average molecular weight is 390 g/mol. The van der Waals surface area contributed by atoms with Crippen LogP contribution in [-0.4, -0.2) is 38.1 Å². The van der Waals surface area contributed by atoms with Crippen LogP contribution >= 0.6 is 16.6 Å². The van der Waals surface area contributed by atoms with Crippen molar-refractivity contribution in [3.8, 4) is 5.75 Å². The summed E-state index contributed by atoms with van der Waals surface area (Å²) in [4.78, 5) is 23.7. The van der Waals surface area contributed by atoms with Gasteiger partial charge in [-0.2, -0.15) is 0 Å². The maximum absolute atomic E-state index is 12.2. The molecule has 0 amide bonds. The fourth-order valence-electron chi connectivity index (χ4n) is 3.56. The molecule has 1 aromatic rings. The monoisotopic (exact) mass is 390 g/mol. The molecule has 0 spiro atoms. The van der Waals surface area contributed by atoms with Gasteiger partial charge in [0.2, 0.25) is 0 Å². The Bertz CT molecular complexity index is 709. The van der Waals surface area contributed by atoms with Gasteiger partial charge in [-0.15, -0.1) is 0 Å². The Morgan fingerprint density at radius 2 is 2.31 bits per heavy atom. The SMILES string of the molecule is [B]P(P)O[C@@H]1C[C@@H]2OC(=O)C[C@@H]2[C@H]1/C=C/C(=O)COc1cccc(C)c1. The lowest BCUT2D eigenvalue weighted by atomic mass is 9.91. The number of benzene rings is 1. The second kappa shape index (κ2) is 8.65. The third-order valence-electron chi connectivity index (χ3n) is 4.68. The van der Waals surface area contributed by atoms with Gasteiger partial charge in [-0.25, -0.2) is 0 Å². The molecule has 2 aliphatic rings. The van der Waals surface area contributed by atoms with Crippen molar-refractivity contribution in [2.75, 3.05) is 6.61 Å². The zero-order chi connectivity index (χ0) is 18.7. The van der Waals surface area contributed by atoms with Gasteiger partial charge in [0.05, 0.1) is 12.5 Å². The van der Waals surface area contributed by atoms with E-state index in [1.165, 1.54) is 6.08 Å². The van der Waals surface area contributed by atoms with E-state index >= 15 is 0 Å². The van der Waals surface area contributed by atoms with Crippen LogP contribution in [0.25, 0.3) is 0 Å². The third-order valence-corrected chi connectivity index (χ3v) is 5.56. The largest absolute Gasteiger partial charge is 0.485 e. The van der Waals surface area contributed by atoms with E-state index in [2.05, 4.69) is 8.93 Å². The quantitative estimate of drug-likeness (QED) is 0.310. The van der Waals surface area contributed by atoms with E-state index in [0.29, 0.717) is 18.6 Å². The van der Waals surface area contributed by atoms with Crippen LogP contribution < -0.4 is 4.74 Å². The third kappa shape index (κ3) is 4.94. The Labute approximate surface area is 158 Å². The molecule has 0 aromatic heterocycles. The van der Waals surface area contributed by atoms with E-state index in [-0.39, 0.29) is 42.4 Å². The average Bonchev–Trinajstić information content (AvgIpc) is 3.06. The highest BCUT2D eigenvalue weighted by atomic mass is 32.0. The lowest BCUT2D eigenvalue weighted by Crippen LogP contribution is -2.20. The number of hydrogen-bond acceptors (Lipinski definition) is 5. The van der Waals surface area contributed by atoms with E-state index in [1.807, 2.05) is 37.3 Å². The maximum atomic E-state index is 12.2. The molecular weight excluding hydrogens is 369 g/mol. The number of rotatable bonds is 7. The summed E-state index contributed by atoms with van der Waals surface area (Å²) in [5.74, 6) is 0.310. The molecule has 136 valence electrons. The van der Waals surface area contributed by atoms with Crippen molar-refractivity contribution < 1.29 is 23.6 Å². The van der Waals surface area contributed by atoms with Crippen molar-refractivity contribution in [3.05, 3.63) is 42.0 Å². The van der Waals surface area contributed by atoms with E-state index in [0.717, 1.165) is 5.56 Å². The van der Waals surface area contributed by atoms with Gasteiger partial charge in [0.25, 0.3) is 0 Å². The first-order valence-electron chi connectivity index (χ1n) is 8.48. The Kier molecular flexibility index (Phi) is 6.50. The summed E-state index contributed by atoms with van der Waals surface area (Å²) in [6, 6.07) is 7.55. The number of carbonyl (C=O) groups excluding carboxylic acids is 2. The van der Waals surface area contributed by atoms with E-state index in [9.17, 15) is 9.59 Å². The van der Waals surface area contributed by atoms with Gasteiger partial charge in [0, 0.05) is 18.3 Å². The fraction of sp³-hybridized carbons (Fsp3) is 0.444. The number of ether oxygens (including phenoxy) is 2. The van der Waals surface area contributed by atoms with Crippen molar-refractivity contribution in [1.82, 2.24) is 0 Å². The highest BCUT2D eigenvalue weighted by Crippen LogP contribution is 2.50. The number of hydrogen-bond donors (Lipinski definition) is 0. The molecule has 5 nitrogen and oxygen atoms in total. The van der Waals surface area contributed by atoms with Crippen LogP contribution in [0.3, 0.4) is 0 Å². The minimum atomic E-state index is -1.10. The summed E-state index contributed by atoms with van der Waals surface area (Å²) in [5, 5.41) is 0. The summed E-state index contributed by atoms with van der Waals surface area (Å²) in [6.45, 7) is 1.93. The van der Waals surface area contributed by atoms with Gasteiger partial charge < -0.3 is 14.0 Å². The van der Waals surface area contributed by atoms with Gasteiger partial charge in [-0.3, -0.25) is 9.59 Å². The molecule has 1 saturated heterocycles. The van der Waals surface area contributed by atoms with Crippen LogP contribution in [0.5, 0.6) is 5.75 Å². The molecule has 2 fully saturated rings. The van der Waals surface area contributed by atoms with Crippen LogP contribution in [0.2, 0.25) is 0 Å². The van der Waals surface area contributed by atoms with Crippen LogP contribution in [0, 0.1) is 18.8 Å². The highest BCUT2D eigenvalue weighted by molar-refractivity contribution is 8.23. The Balaban J connectivity index is 1.60. The molecule has 2 unspecified atom stereocenters. The van der Waals surface area contributed by atoms with Crippen LogP contribution in [0.4, 0.5) is 0 Å². The Morgan fingerprint density at radius 3 is 3.04 bits per heavy atom. The summed E-state index contributed by atoms with van der Waals surface area (Å²) < 4.78 is 16.7. The molecule has 1 aliphatic carbocycles. The number of ketones is 1. The molecule has 26 heavy (non-hydrogen) atoms. The molecule has 0 bridgehead atoms. The van der Waals surface area contributed by atoms with Crippen molar-refractivity contribution in [2.45, 2.75) is 32.0 Å². The van der Waals surface area contributed by atoms with Crippen LogP contribution in [0.1, 0.15) is 18.4 Å². The second-order valence-corrected chi connectivity index (χ2v) is 9.10. The number of carbonyl (C=O) groups is 2. The second-order valence-electron chi connectivity index (χ2n) is 6.64. The van der Waals surface area contributed by atoms with Gasteiger partial charge in [-0.1, -0.05) is 27.1 Å². The van der Waals surface area contributed by atoms with Crippen molar-refractivity contribution >= 4 is 36.0 Å². The molecule has 1 aliphatic heterocycles. The first-order valence-corrected chi connectivity index (χ1v) is 11.4. The molecule has 8 heteroatoms. The standard InChI is InChI=1S/C18H21BO5P2/c1-11-3-2-4-13(7-11)22-10-12(20)5-6-14-15-8-18(21)23-16(15)9-17(14)24-26(19)25/h2-7,14-17H,8-10,25H2,1H3/b6-5+/t14-,15-,16+,17-,26?/m1/s1. The first-order chi connectivity index (χ1) is 12.4. The summed E-state index contributed by atoms with van der Waals surface area (Å²) in [7, 11) is 7.14. The summed E-state index contributed by atoms with van der Waals surface area (Å²) >= 11 is 0. The molecule has 3 rings (SSSR count). The fourth-order valence-corrected chi connectivity index (χ4v) is 4.57. The van der Waals surface area contributed by atoms with E-state index in [1.54, 1.807) is 0 Å². The predicted octanol–water partition coefficient (Wildman–Crippen LogP) is 3.11. The Morgan fingerprint density at radius 1 is 1.50 bits per heavy atom. The molecule has 0 N–H and O–H groups in total. The smallest absolute Gasteiger partial charge is 0.306 e. The zero-order valence-electron chi connectivity index (χ0n) is 14.5. The molecule has 2 radical (unpaired) electrons. The molecule has 1 heterocycles. The minimum Gasteiger partial charge on any atom is -0.485 e. The number of fused-ring (bicyclic) bond motifs is 1. The molecule has 6 atom stereocenters. The molecule has 1 saturated carbocycles. The van der Waals surface area contributed by atoms with Crippen molar-refractivity contribution in [2.24, 2.45) is 11.8 Å². The molecule has 1 aromatic carbocycles. The van der Waals surface area contributed by atoms with E-state index < -0.39 is 7.72 Å². The summed E-state index contributed by atoms with van der Waals surface area (Å²) in [5.41, 5.74) is 1.07. The lowest BCUT2D eigenvalue weighted by molar-refractivity contribution is -0.141. The first kappa shape index (κ1) is 19.5. The maximum Gasteiger partial charge on any atom is 0.306 e.